The number of nitrogens with zero attached hydrogens (tertiary/aromatic N) is 2. The number of benzene rings is 2. The molecular weight excluding hydrogens is 386 g/mol. The topological polar surface area (TPSA) is 69.3 Å². The van der Waals surface area contributed by atoms with Crippen molar-refractivity contribution in [3.05, 3.63) is 89.5 Å². The first-order valence-corrected chi connectivity index (χ1v) is 10.1. The molecule has 1 aliphatic heterocycles. The number of hydrazine groups is 2. The van der Waals surface area contributed by atoms with E-state index in [1.54, 1.807) is 6.08 Å². The number of carbonyl (C=O) groups excluding carboxylic acids is 1. The fourth-order valence-corrected chi connectivity index (χ4v) is 3.61. The molecule has 1 aliphatic rings. The van der Waals surface area contributed by atoms with Gasteiger partial charge in [0.2, 0.25) is 0 Å². The number of rotatable bonds is 7. The molecule has 0 spiro atoms. The molecule has 0 fully saturated rings. The van der Waals surface area contributed by atoms with Crippen LogP contribution in [0, 0.1) is 6.92 Å². The summed E-state index contributed by atoms with van der Waals surface area (Å²) >= 11 is 0. The van der Waals surface area contributed by atoms with Gasteiger partial charge in [0.15, 0.2) is 5.82 Å². The van der Waals surface area contributed by atoms with E-state index < -0.39 is 0 Å². The summed E-state index contributed by atoms with van der Waals surface area (Å²) in [6.45, 7) is 6.32. The van der Waals surface area contributed by atoms with E-state index in [0.29, 0.717) is 12.1 Å². The minimum Gasteiger partial charge on any atom is -0.388 e. The Morgan fingerprint density at radius 3 is 2.74 bits per heavy atom. The maximum absolute atomic E-state index is 11.1. The number of fused-ring (bicyclic) bond motifs is 1. The zero-order valence-corrected chi connectivity index (χ0v) is 17.6. The highest BCUT2D eigenvalue weighted by Crippen LogP contribution is 2.32. The SMILES string of the molecule is C=C/C=C\c1cc(CN2NNc3ccc(-c4ccc(C=O)c(C)c4)nc32)ccc1NC. The van der Waals surface area contributed by atoms with Crippen LogP contribution in [0.5, 0.6) is 0 Å². The van der Waals surface area contributed by atoms with Crippen LogP contribution in [-0.4, -0.2) is 18.3 Å². The summed E-state index contributed by atoms with van der Waals surface area (Å²) < 4.78 is 0. The molecule has 31 heavy (non-hydrogen) atoms. The van der Waals surface area contributed by atoms with Crippen molar-refractivity contribution in [3.8, 4) is 11.3 Å². The van der Waals surface area contributed by atoms with Crippen LogP contribution < -0.4 is 21.3 Å². The van der Waals surface area contributed by atoms with Gasteiger partial charge in [-0.3, -0.25) is 9.80 Å². The summed E-state index contributed by atoms with van der Waals surface area (Å²) in [6.07, 6.45) is 6.61. The Labute approximate surface area is 182 Å². The van der Waals surface area contributed by atoms with Crippen LogP contribution in [0.15, 0.2) is 67.3 Å². The zero-order valence-electron chi connectivity index (χ0n) is 17.6. The molecule has 3 aromatic rings. The van der Waals surface area contributed by atoms with Crippen LogP contribution in [0.3, 0.4) is 0 Å². The molecule has 0 radical (unpaired) electrons. The van der Waals surface area contributed by atoms with Crippen molar-refractivity contribution in [3.63, 3.8) is 0 Å². The molecule has 6 nitrogen and oxygen atoms in total. The van der Waals surface area contributed by atoms with Crippen molar-refractivity contribution in [2.45, 2.75) is 13.5 Å². The Morgan fingerprint density at radius 2 is 2.00 bits per heavy atom. The van der Waals surface area contributed by atoms with E-state index in [4.69, 9.17) is 4.98 Å². The number of carbonyl (C=O) groups is 1. The molecule has 156 valence electrons. The van der Waals surface area contributed by atoms with Gasteiger partial charge in [-0.25, -0.2) is 4.98 Å². The predicted molar refractivity (Wildman–Crippen MR) is 128 cm³/mol. The van der Waals surface area contributed by atoms with Gasteiger partial charge in [-0.1, -0.05) is 43.0 Å². The minimum absolute atomic E-state index is 0.637. The van der Waals surface area contributed by atoms with Crippen LogP contribution in [0.2, 0.25) is 0 Å². The largest absolute Gasteiger partial charge is 0.388 e. The highest BCUT2D eigenvalue weighted by Gasteiger charge is 2.21. The normalized spacial score (nSPS) is 12.5. The summed E-state index contributed by atoms with van der Waals surface area (Å²) in [5.41, 5.74) is 14.1. The smallest absolute Gasteiger partial charge is 0.170 e. The van der Waals surface area contributed by atoms with Gasteiger partial charge < -0.3 is 10.7 Å². The van der Waals surface area contributed by atoms with Gasteiger partial charge in [-0.05, 0) is 53.9 Å². The second-order valence-electron chi connectivity index (χ2n) is 7.35. The molecule has 0 unspecified atom stereocenters. The number of allylic oxidation sites excluding steroid dienone is 2. The molecule has 1 aromatic heterocycles. The number of hydrogen-bond donors (Lipinski definition) is 3. The van der Waals surface area contributed by atoms with Crippen molar-refractivity contribution < 1.29 is 4.79 Å². The van der Waals surface area contributed by atoms with Crippen LogP contribution in [0.25, 0.3) is 17.3 Å². The molecule has 0 saturated heterocycles. The first kappa shape index (κ1) is 20.4. The van der Waals surface area contributed by atoms with Crippen molar-refractivity contribution in [1.82, 2.24) is 10.5 Å². The Hall–Kier alpha value is -3.90. The van der Waals surface area contributed by atoms with E-state index in [0.717, 1.165) is 51.4 Å². The maximum Gasteiger partial charge on any atom is 0.170 e. The Morgan fingerprint density at radius 1 is 1.13 bits per heavy atom. The minimum atomic E-state index is 0.637. The monoisotopic (exact) mass is 411 g/mol. The van der Waals surface area contributed by atoms with Gasteiger partial charge >= 0.3 is 0 Å². The first-order chi connectivity index (χ1) is 15.1. The molecular formula is C25H25N5O. The first-order valence-electron chi connectivity index (χ1n) is 10.1. The zero-order chi connectivity index (χ0) is 21.8. The second-order valence-corrected chi connectivity index (χ2v) is 7.35. The van der Waals surface area contributed by atoms with E-state index in [2.05, 4.69) is 41.1 Å². The Kier molecular flexibility index (Phi) is 5.82. The van der Waals surface area contributed by atoms with E-state index in [9.17, 15) is 4.79 Å². The molecule has 0 atom stereocenters. The molecule has 0 saturated carbocycles. The van der Waals surface area contributed by atoms with Crippen molar-refractivity contribution in [2.75, 3.05) is 22.8 Å². The van der Waals surface area contributed by atoms with Gasteiger partial charge in [0.25, 0.3) is 0 Å². The van der Waals surface area contributed by atoms with Gasteiger partial charge in [-0.2, -0.15) is 0 Å². The third kappa shape index (κ3) is 4.20. The average molecular weight is 412 g/mol. The fraction of sp³-hybridized carbons (Fsp3) is 0.120. The highest BCUT2D eigenvalue weighted by atomic mass is 16.1. The number of aryl methyl sites for hydroxylation is 1. The standard InChI is InChI=1S/C25H25N5O/c1-4-5-6-19-14-18(7-10-22(19)26-3)15-30-25-24(28-29-30)12-11-23(27-25)20-8-9-21(16-31)17(2)13-20/h4-14,16,26,28-29H,1,15H2,2-3H3/b6-5-. The van der Waals surface area contributed by atoms with Crippen molar-refractivity contribution in [1.29, 1.82) is 0 Å². The summed E-state index contributed by atoms with van der Waals surface area (Å²) in [5.74, 6) is 0.829. The molecule has 4 rings (SSSR count). The van der Waals surface area contributed by atoms with E-state index in [1.807, 2.05) is 61.5 Å². The van der Waals surface area contributed by atoms with Gasteiger partial charge in [-0.15, -0.1) is 5.53 Å². The molecule has 0 bridgehead atoms. The number of aromatic nitrogens is 1. The molecule has 2 heterocycles. The summed E-state index contributed by atoms with van der Waals surface area (Å²) in [7, 11) is 1.91. The van der Waals surface area contributed by atoms with Crippen molar-refractivity contribution >= 4 is 29.6 Å². The molecule has 6 heteroatoms. The summed E-state index contributed by atoms with van der Waals surface area (Å²) in [6, 6.07) is 16.1. The maximum atomic E-state index is 11.1. The quantitative estimate of drug-likeness (QED) is 0.377. The lowest BCUT2D eigenvalue weighted by atomic mass is 10.0. The van der Waals surface area contributed by atoms with E-state index >= 15 is 0 Å². The molecule has 3 N–H and O–H groups in total. The van der Waals surface area contributed by atoms with Crippen molar-refractivity contribution in [2.24, 2.45) is 0 Å². The van der Waals surface area contributed by atoms with Gasteiger partial charge in [0.1, 0.15) is 6.29 Å². The number of aldehydes is 1. The summed E-state index contributed by atoms with van der Waals surface area (Å²) in [4.78, 5) is 16.0. The number of anilines is 3. The molecule has 2 aromatic carbocycles. The fourth-order valence-electron chi connectivity index (χ4n) is 3.61. The van der Waals surface area contributed by atoms with Gasteiger partial charge in [0.05, 0.1) is 17.9 Å². The summed E-state index contributed by atoms with van der Waals surface area (Å²) in [5, 5.41) is 5.20. The Balaban J connectivity index is 1.62. The number of hydrogen-bond acceptors (Lipinski definition) is 6. The van der Waals surface area contributed by atoms with Crippen LogP contribution >= 0.6 is 0 Å². The third-order valence-corrected chi connectivity index (χ3v) is 5.29. The molecule has 0 amide bonds. The van der Waals surface area contributed by atoms with Crippen LogP contribution in [0.4, 0.5) is 17.2 Å². The lowest BCUT2D eigenvalue weighted by Gasteiger charge is -2.18. The lowest BCUT2D eigenvalue weighted by molar-refractivity contribution is 0.112. The highest BCUT2D eigenvalue weighted by molar-refractivity contribution is 5.80. The average Bonchev–Trinajstić information content (AvgIpc) is 3.19. The van der Waals surface area contributed by atoms with E-state index in [1.165, 1.54) is 0 Å². The second kappa shape index (κ2) is 8.85. The van der Waals surface area contributed by atoms with Crippen LogP contribution in [-0.2, 0) is 6.54 Å². The lowest BCUT2D eigenvalue weighted by Crippen LogP contribution is -2.35. The van der Waals surface area contributed by atoms with Gasteiger partial charge in [0, 0.05) is 23.9 Å². The predicted octanol–water partition coefficient (Wildman–Crippen LogP) is 4.96. The van der Waals surface area contributed by atoms with Crippen LogP contribution in [0.1, 0.15) is 27.0 Å². The van der Waals surface area contributed by atoms with E-state index in [-0.39, 0.29) is 0 Å². The number of pyridine rings is 1. The Bertz CT molecular complexity index is 1170. The number of nitrogens with one attached hydrogen (secondary N) is 3. The molecule has 0 aliphatic carbocycles. The third-order valence-electron chi connectivity index (χ3n) is 5.29.